The summed E-state index contributed by atoms with van der Waals surface area (Å²) >= 11 is 0. The SMILES string of the molecule is Cc1ccccc1Oc1ccc(S(=O)(=O)Nc2ccccc2C(=O)O)cc1. The highest BCUT2D eigenvalue weighted by Gasteiger charge is 2.18. The highest BCUT2D eigenvalue weighted by molar-refractivity contribution is 7.92. The molecule has 0 heterocycles. The minimum Gasteiger partial charge on any atom is -0.478 e. The van der Waals surface area contributed by atoms with Crippen molar-refractivity contribution in [1.29, 1.82) is 0 Å². The number of para-hydroxylation sites is 2. The van der Waals surface area contributed by atoms with E-state index >= 15 is 0 Å². The maximum absolute atomic E-state index is 12.6. The third-order valence-corrected chi connectivity index (χ3v) is 5.24. The Morgan fingerprint density at radius 1 is 0.926 bits per heavy atom. The molecule has 2 N–H and O–H groups in total. The lowest BCUT2D eigenvalue weighted by molar-refractivity contribution is 0.0698. The predicted molar refractivity (Wildman–Crippen MR) is 102 cm³/mol. The number of carbonyl (C=O) groups is 1. The molecule has 3 aromatic rings. The second kappa shape index (κ2) is 7.51. The maximum Gasteiger partial charge on any atom is 0.337 e. The zero-order valence-corrected chi connectivity index (χ0v) is 15.2. The molecule has 0 saturated carbocycles. The van der Waals surface area contributed by atoms with Crippen LogP contribution in [0.2, 0.25) is 0 Å². The Bertz CT molecular complexity index is 1080. The molecule has 0 fully saturated rings. The molecule has 0 spiro atoms. The van der Waals surface area contributed by atoms with Gasteiger partial charge in [-0.1, -0.05) is 30.3 Å². The van der Waals surface area contributed by atoms with Gasteiger partial charge in [0.15, 0.2) is 0 Å². The summed E-state index contributed by atoms with van der Waals surface area (Å²) in [6.45, 7) is 1.91. The smallest absolute Gasteiger partial charge is 0.337 e. The molecule has 3 rings (SSSR count). The molecule has 0 aliphatic carbocycles. The maximum atomic E-state index is 12.6. The van der Waals surface area contributed by atoms with Crippen molar-refractivity contribution in [2.75, 3.05) is 4.72 Å². The van der Waals surface area contributed by atoms with Gasteiger partial charge in [-0.2, -0.15) is 0 Å². The van der Waals surface area contributed by atoms with Crippen molar-refractivity contribution in [2.24, 2.45) is 0 Å². The van der Waals surface area contributed by atoms with Gasteiger partial charge in [0.05, 0.1) is 16.1 Å². The highest BCUT2D eigenvalue weighted by Crippen LogP contribution is 2.26. The van der Waals surface area contributed by atoms with Gasteiger partial charge >= 0.3 is 5.97 Å². The van der Waals surface area contributed by atoms with E-state index in [4.69, 9.17) is 4.74 Å². The van der Waals surface area contributed by atoms with Crippen LogP contribution in [-0.4, -0.2) is 19.5 Å². The van der Waals surface area contributed by atoms with Crippen LogP contribution in [-0.2, 0) is 10.0 Å². The average molecular weight is 383 g/mol. The lowest BCUT2D eigenvalue weighted by Gasteiger charge is -2.12. The fourth-order valence-electron chi connectivity index (χ4n) is 2.45. The normalized spacial score (nSPS) is 11.0. The molecule has 138 valence electrons. The number of sulfonamides is 1. The van der Waals surface area contributed by atoms with Crippen LogP contribution in [0.4, 0.5) is 5.69 Å². The van der Waals surface area contributed by atoms with E-state index in [0.717, 1.165) is 5.56 Å². The minimum atomic E-state index is -3.94. The number of carboxylic acid groups (broad SMARTS) is 1. The monoisotopic (exact) mass is 383 g/mol. The van der Waals surface area contributed by atoms with E-state index < -0.39 is 16.0 Å². The van der Waals surface area contributed by atoms with Crippen LogP contribution in [0, 0.1) is 6.92 Å². The van der Waals surface area contributed by atoms with Crippen LogP contribution < -0.4 is 9.46 Å². The molecule has 0 unspecified atom stereocenters. The van der Waals surface area contributed by atoms with Gasteiger partial charge in [-0.15, -0.1) is 0 Å². The fourth-order valence-corrected chi connectivity index (χ4v) is 3.53. The first-order chi connectivity index (χ1) is 12.9. The molecule has 0 aliphatic heterocycles. The average Bonchev–Trinajstić information content (AvgIpc) is 2.64. The Balaban J connectivity index is 1.82. The molecule has 7 heteroatoms. The predicted octanol–water partition coefficient (Wildman–Crippen LogP) is 4.29. The number of anilines is 1. The lowest BCUT2D eigenvalue weighted by atomic mass is 10.2. The van der Waals surface area contributed by atoms with Gasteiger partial charge in [0.25, 0.3) is 10.0 Å². The number of carboxylic acids is 1. The summed E-state index contributed by atoms with van der Waals surface area (Å²) in [5.74, 6) is -0.0360. The number of hydrogen-bond acceptors (Lipinski definition) is 4. The number of hydrogen-bond donors (Lipinski definition) is 2. The van der Waals surface area contributed by atoms with E-state index in [1.165, 1.54) is 30.3 Å². The number of ether oxygens (including phenoxy) is 1. The number of aryl methyl sites for hydroxylation is 1. The summed E-state index contributed by atoms with van der Waals surface area (Å²) in [7, 11) is -3.94. The van der Waals surface area contributed by atoms with Crippen LogP contribution in [0.5, 0.6) is 11.5 Å². The van der Waals surface area contributed by atoms with Gasteiger partial charge in [0.2, 0.25) is 0 Å². The van der Waals surface area contributed by atoms with E-state index in [9.17, 15) is 18.3 Å². The van der Waals surface area contributed by atoms with Crippen LogP contribution in [0.15, 0.2) is 77.7 Å². The first-order valence-electron chi connectivity index (χ1n) is 8.05. The first-order valence-corrected chi connectivity index (χ1v) is 9.54. The van der Waals surface area contributed by atoms with Crippen molar-refractivity contribution in [3.8, 4) is 11.5 Å². The van der Waals surface area contributed by atoms with Crippen LogP contribution in [0.25, 0.3) is 0 Å². The van der Waals surface area contributed by atoms with E-state index in [1.807, 2.05) is 31.2 Å². The molecule has 27 heavy (non-hydrogen) atoms. The molecule has 0 saturated heterocycles. The Hall–Kier alpha value is -3.32. The van der Waals surface area contributed by atoms with Crippen molar-refractivity contribution in [3.63, 3.8) is 0 Å². The van der Waals surface area contributed by atoms with Crippen molar-refractivity contribution >= 4 is 21.7 Å². The van der Waals surface area contributed by atoms with Crippen LogP contribution >= 0.6 is 0 Å². The Kier molecular flexibility index (Phi) is 5.14. The number of benzene rings is 3. The summed E-state index contributed by atoms with van der Waals surface area (Å²) in [5, 5.41) is 9.18. The molecule has 0 aliphatic rings. The highest BCUT2D eigenvalue weighted by atomic mass is 32.2. The van der Waals surface area contributed by atoms with Gasteiger partial charge in [0.1, 0.15) is 11.5 Å². The summed E-state index contributed by atoms with van der Waals surface area (Å²) in [5.41, 5.74) is 0.840. The molecule has 0 atom stereocenters. The molecule has 0 radical (unpaired) electrons. The Morgan fingerprint density at radius 2 is 1.56 bits per heavy atom. The Labute approximate surface area is 157 Å². The first kappa shape index (κ1) is 18.5. The zero-order chi connectivity index (χ0) is 19.4. The Morgan fingerprint density at radius 3 is 2.22 bits per heavy atom. The molecule has 0 amide bonds. The van der Waals surface area contributed by atoms with E-state index in [0.29, 0.717) is 11.5 Å². The third-order valence-electron chi connectivity index (χ3n) is 3.86. The summed E-state index contributed by atoms with van der Waals surface area (Å²) in [6, 6.07) is 19.2. The van der Waals surface area contributed by atoms with Crippen molar-refractivity contribution < 1.29 is 23.1 Å². The van der Waals surface area contributed by atoms with Gasteiger partial charge in [0, 0.05) is 0 Å². The van der Waals surface area contributed by atoms with E-state index in [2.05, 4.69) is 4.72 Å². The van der Waals surface area contributed by atoms with Crippen LogP contribution in [0.3, 0.4) is 0 Å². The van der Waals surface area contributed by atoms with Gasteiger partial charge < -0.3 is 9.84 Å². The summed E-state index contributed by atoms with van der Waals surface area (Å²) in [6.07, 6.45) is 0. The van der Waals surface area contributed by atoms with Crippen molar-refractivity contribution in [2.45, 2.75) is 11.8 Å². The van der Waals surface area contributed by atoms with Crippen molar-refractivity contribution in [3.05, 3.63) is 83.9 Å². The molecule has 0 bridgehead atoms. The summed E-state index contributed by atoms with van der Waals surface area (Å²) in [4.78, 5) is 11.2. The number of aromatic carboxylic acids is 1. The fraction of sp³-hybridized carbons (Fsp3) is 0.0500. The van der Waals surface area contributed by atoms with Gasteiger partial charge in [-0.05, 0) is 55.0 Å². The lowest BCUT2D eigenvalue weighted by Crippen LogP contribution is -2.15. The molecule has 3 aromatic carbocycles. The molecular formula is C20H17NO5S. The zero-order valence-electron chi connectivity index (χ0n) is 14.4. The number of rotatable bonds is 6. The second-order valence-corrected chi connectivity index (χ2v) is 7.48. The largest absolute Gasteiger partial charge is 0.478 e. The minimum absolute atomic E-state index is 0.000162. The van der Waals surface area contributed by atoms with E-state index in [-0.39, 0.29) is 16.1 Å². The van der Waals surface area contributed by atoms with Gasteiger partial charge in [-0.25, -0.2) is 13.2 Å². The second-order valence-electron chi connectivity index (χ2n) is 5.80. The topological polar surface area (TPSA) is 92.7 Å². The molecule has 0 aromatic heterocycles. The van der Waals surface area contributed by atoms with Crippen LogP contribution in [0.1, 0.15) is 15.9 Å². The van der Waals surface area contributed by atoms with Crippen molar-refractivity contribution in [1.82, 2.24) is 0 Å². The third kappa shape index (κ3) is 4.27. The quantitative estimate of drug-likeness (QED) is 0.662. The molecular weight excluding hydrogens is 366 g/mol. The number of nitrogens with one attached hydrogen (secondary N) is 1. The molecule has 6 nitrogen and oxygen atoms in total. The van der Waals surface area contributed by atoms with E-state index in [1.54, 1.807) is 18.2 Å². The summed E-state index contributed by atoms with van der Waals surface area (Å²) < 4.78 is 33.2. The standard InChI is InChI=1S/C20H17NO5S/c1-14-6-2-5-9-19(14)26-15-10-12-16(13-11-15)27(24,25)21-18-8-4-3-7-17(18)20(22)23/h2-13,21H,1H3,(H,22,23). The van der Waals surface area contributed by atoms with Gasteiger partial charge in [-0.3, -0.25) is 4.72 Å².